The Morgan fingerprint density at radius 3 is 2.56 bits per heavy atom. The van der Waals surface area contributed by atoms with Crippen molar-refractivity contribution in [1.29, 1.82) is 0 Å². The van der Waals surface area contributed by atoms with E-state index in [1.807, 2.05) is 13.8 Å². The number of carbonyl (C=O) groups is 2. The lowest BCUT2D eigenvalue weighted by Crippen LogP contribution is -2.35. The number of nitrogens with one attached hydrogen (secondary N) is 2. The number of hydrogen-bond acceptors (Lipinski definition) is 3. The minimum atomic E-state index is -0.777. The van der Waals surface area contributed by atoms with E-state index < -0.39 is 5.97 Å². The van der Waals surface area contributed by atoms with E-state index in [4.69, 9.17) is 5.11 Å². The van der Waals surface area contributed by atoms with Gasteiger partial charge in [-0.05, 0) is 18.3 Å². The van der Waals surface area contributed by atoms with E-state index in [1.54, 1.807) is 6.08 Å². The zero-order valence-corrected chi connectivity index (χ0v) is 11.3. The molecule has 0 heterocycles. The highest BCUT2D eigenvalue weighted by atomic mass is 16.4. The van der Waals surface area contributed by atoms with Crippen LogP contribution in [0.2, 0.25) is 0 Å². The van der Waals surface area contributed by atoms with Gasteiger partial charge in [0.05, 0.1) is 6.54 Å². The zero-order chi connectivity index (χ0) is 14.0. The highest BCUT2D eigenvalue weighted by Crippen LogP contribution is 2.25. The average Bonchev–Trinajstić information content (AvgIpc) is 2.27. The van der Waals surface area contributed by atoms with Crippen LogP contribution in [0.15, 0.2) is 12.7 Å². The number of carboxylic acid groups (broad SMARTS) is 1. The zero-order valence-electron chi connectivity index (χ0n) is 11.3. The molecule has 18 heavy (non-hydrogen) atoms. The van der Waals surface area contributed by atoms with E-state index in [0.717, 1.165) is 6.42 Å². The van der Waals surface area contributed by atoms with Crippen LogP contribution in [0.1, 0.15) is 33.1 Å². The summed E-state index contributed by atoms with van der Waals surface area (Å²) in [5.41, 5.74) is -0.0692. The molecule has 0 aromatic heterocycles. The summed E-state index contributed by atoms with van der Waals surface area (Å²) in [7, 11) is 0. The van der Waals surface area contributed by atoms with Gasteiger partial charge in [-0.25, -0.2) is 0 Å². The first-order valence-electron chi connectivity index (χ1n) is 6.17. The second kappa shape index (κ2) is 8.69. The Balaban J connectivity index is 3.71. The van der Waals surface area contributed by atoms with Crippen molar-refractivity contribution in [2.75, 3.05) is 19.6 Å². The van der Waals surface area contributed by atoms with Crippen molar-refractivity contribution in [3.63, 3.8) is 0 Å². The molecule has 0 fully saturated rings. The Kier molecular flexibility index (Phi) is 8.03. The van der Waals surface area contributed by atoms with Crippen LogP contribution in [-0.4, -0.2) is 36.6 Å². The Morgan fingerprint density at radius 1 is 1.33 bits per heavy atom. The molecule has 0 rings (SSSR count). The molecule has 0 aliphatic carbocycles. The molecule has 0 atom stereocenters. The van der Waals surface area contributed by atoms with Crippen molar-refractivity contribution >= 4 is 11.9 Å². The third kappa shape index (κ3) is 9.84. The van der Waals surface area contributed by atoms with E-state index in [9.17, 15) is 9.59 Å². The summed E-state index contributed by atoms with van der Waals surface area (Å²) in [6.45, 7) is 9.03. The molecule has 0 aromatic rings. The molecule has 0 spiro atoms. The van der Waals surface area contributed by atoms with Crippen molar-refractivity contribution < 1.29 is 14.7 Å². The fourth-order valence-corrected chi connectivity index (χ4v) is 1.46. The Hall–Kier alpha value is -1.36. The van der Waals surface area contributed by atoms with Gasteiger partial charge in [-0.1, -0.05) is 19.9 Å². The lowest BCUT2D eigenvalue weighted by Gasteiger charge is -2.23. The second-order valence-corrected chi connectivity index (χ2v) is 5.08. The van der Waals surface area contributed by atoms with Crippen LogP contribution in [0.25, 0.3) is 0 Å². The van der Waals surface area contributed by atoms with Crippen molar-refractivity contribution in [3.8, 4) is 0 Å². The van der Waals surface area contributed by atoms with Crippen molar-refractivity contribution in [3.05, 3.63) is 12.7 Å². The third-order valence-corrected chi connectivity index (χ3v) is 2.71. The molecule has 0 aliphatic rings. The first kappa shape index (κ1) is 16.6. The Morgan fingerprint density at radius 2 is 2.00 bits per heavy atom. The van der Waals surface area contributed by atoms with Gasteiger partial charge in [-0.15, -0.1) is 6.58 Å². The molecule has 5 heteroatoms. The summed E-state index contributed by atoms with van der Waals surface area (Å²) >= 11 is 0. The number of carboxylic acids is 1. The van der Waals surface area contributed by atoms with Crippen molar-refractivity contribution in [2.24, 2.45) is 5.41 Å². The van der Waals surface area contributed by atoms with Gasteiger partial charge in [0.2, 0.25) is 5.91 Å². The highest BCUT2D eigenvalue weighted by Gasteiger charge is 2.18. The van der Waals surface area contributed by atoms with Gasteiger partial charge in [0.25, 0.3) is 0 Å². The monoisotopic (exact) mass is 256 g/mol. The summed E-state index contributed by atoms with van der Waals surface area (Å²) in [6, 6.07) is 0. The summed E-state index contributed by atoms with van der Waals surface area (Å²) < 4.78 is 0. The molecule has 1 amide bonds. The first-order chi connectivity index (χ1) is 8.37. The molecule has 0 aromatic carbocycles. The lowest BCUT2D eigenvalue weighted by molar-refractivity contribution is -0.137. The molecule has 0 aliphatic heterocycles. The molecule has 104 valence electrons. The molecular weight excluding hydrogens is 232 g/mol. The molecule has 3 N–H and O–H groups in total. The highest BCUT2D eigenvalue weighted by molar-refractivity contribution is 5.77. The van der Waals surface area contributed by atoms with E-state index in [0.29, 0.717) is 19.5 Å². The van der Waals surface area contributed by atoms with Gasteiger partial charge in [0.1, 0.15) is 0 Å². The van der Waals surface area contributed by atoms with Crippen molar-refractivity contribution in [2.45, 2.75) is 33.1 Å². The predicted molar refractivity (Wildman–Crippen MR) is 71.3 cm³/mol. The molecule has 5 nitrogen and oxygen atoms in total. The fraction of sp³-hybridized carbons (Fsp3) is 0.692. The predicted octanol–water partition coefficient (Wildman–Crippen LogP) is 1.16. The van der Waals surface area contributed by atoms with Gasteiger partial charge in [0.15, 0.2) is 0 Å². The minimum absolute atomic E-state index is 0.0501. The van der Waals surface area contributed by atoms with Crippen LogP contribution in [0.4, 0.5) is 0 Å². The number of carbonyl (C=O) groups excluding carboxylic acids is 1. The smallest absolute Gasteiger partial charge is 0.303 e. The minimum Gasteiger partial charge on any atom is -0.481 e. The number of rotatable bonds is 10. The van der Waals surface area contributed by atoms with Gasteiger partial charge in [0, 0.05) is 19.5 Å². The van der Waals surface area contributed by atoms with E-state index in [-0.39, 0.29) is 24.3 Å². The van der Waals surface area contributed by atoms with Gasteiger partial charge in [-0.2, -0.15) is 0 Å². The third-order valence-electron chi connectivity index (χ3n) is 2.71. The summed E-state index contributed by atoms with van der Waals surface area (Å²) in [4.78, 5) is 21.9. The average molecular weight is 256 g/mol. The largest absolute Gasteiger partial charge is 0.481 e. The van der Waals surface area contributed by atoms with Gasteiger partial charge in [-0.3, -0.25) is 9.59 Å². The standard InChI is InChI=1S/C13H24N2O3/c1-4-8-14-10-11(16)15-9-7-13(2,3)6-5-12(17)18/h4,14H,1,5-10H2,2-3H3,(H,15,16)(H,17,18). The molecule has 0 radical (unpaired) electrons. The Labute approximate surface area is 109 Å². The van der Waals surface area contributed by atoms with Crippen LogP contribution in [0.5, 0.6) is 0 Å². The number of aliphatic carboxylic acids is 1. The van der Waals surface area contributed by atoms with E-state index in [2.05, 4.69) is 17.2 Å². The Bertz CT molecular complexity index is 288. The first-order valence-corrected chi connectivity index (χ1v) is 6.17. The number of hydrogen-bond donors (Lipinski definition) is 3. The second-order valence-electron chi connectivity index (χ2n) is 5.08. The maximum Gasteiger partial charge on any atom is 0.303 e. The topological polar surface area (TPSA) is 78.4 Å². The SMILES string of the molecule is C=CCNCC(=O)NCCC(C)(C)CCC(=O)O. The summed E-state index contributed by atoms with van der Waals surface area (Å²) in [5.74, 6) is -0.827. The van der Waals surface area contributed by atoms with Crippen LogP contribution in [0.3, 0.4) is 0 Å². The van der Waals surface area contributed by atoms with Gasteiger partial charge >= 0.3 is 5.97 Å². The molecule has 0 bridgehead atoms. The molecule has 0 saturated carbocycles. The fourth-order valence-electron chi connectivity index (χ4n) is 1.46. The van der Waals surface area contributed by atoms with Gasteiger partial charge < -0.3 is 15.7 Å². The van der Waals surface area contributed by atoms with Crippen LogP contribution < -0.4 is 10.6 Å². The van der Waals surface area contributed by atoms with E-state index in [1.165, 1.54) is 0 Å². The normalized spacial score (nSPS) is 11.0. The molecule has 0 saturated heterocycles. The molecular formula is C13H24N2O3. The van der Waals surface area contributed by atoms with Crippen molar-refractivity contribution in [1.82, 2.24) is 10.6 Å². The molecule has 0 unspecified atom stereocenters. The maximum atomic E-state index is 11.4. The van der Waals surface area contributed by atoms with Crippen LogP contribution >= 0.6 is 0 Å². The van der Waals surface area contributed by atoms with E-state index >= 15 is 0 Å². The van der Waals surface area contributed by atoms with Crippen LogP contribution in [0, 0.1) is 5.41 Å². The number of amides is 1. The van der Waals surface area contributed by atoms with Crippen LogP contribution in [-0.2, 0) is 9.59 Å². The quantitative estimate of drug-likeness (QED) is 0.405. The maximum absolute atomic E-state index is 11.4. The lowest BCUT2D eigenvalue weighted by atomic mass is 9.84. The summed E-state index contributed by atoms with van der Waals surface area (Å²) in [6.07, 6.45) is 3.25. The summed E-state index contributed by atoms with van der Waals surface area (Å²) in [5, 5.41) is 14.3.